The summed E-state index contributed by atoms with van der Waals surface area (Å²) in [6, 6.07) is 10.6. The molecule has 2 fully saturated rings. The minimum atomic E-state index is -3.63. The predicted molar refractivity (Wildman–Crippen MR) is 125 cm³/mol. The van der Waals surface area contributed by atoms with E-state index in [0.29, 0.717) is 18.1 Å². The van der Waals surface area contributed by atoms with Crippen LogP contribution in [0.3, 0.4) is 0 Å². The van der Waals surface area contributed by atoms with Crippen LogP contribution < -0.4 is 11.1 Å². The van der Waals surface area contributed by atoms with Gasteiger partial charge in [0.1, 0.15) is 0 Å². The number of fused-ring (bicyclic) bond motifs is 1. The molecule has 1 amide bonds. The quantitative estimate of drug-likeness (QED) is 0.461. The fourth-order valence-corrected chi connectivity index (χ4v) is 6.25. The molecule has 10 heteroatoms. The van der Waals surface area contributed by atoms with E-state index >= 15 is 0 Å². The van der Waals surface area contributed by atoms with Gasteiger partial charge in [0.05, 0.1) is 4.90 Å². The molecule has 0 radical (unpaired) electrons. The molecular weight excluding hydrogens is 450 g/mol. The molecule has 4 N–H and O–H groups in total. The van der Waals surface area contributed by atoms with Crippen molar-refractivity contribution >= 4 is 44.3 Å². The monoisotopic (exact) mass is 477 g/mol. The molecule has 0 spiro atoms. The number of guanidine groups is 1. The Morgan fingerprint density at radius 3 is 2.28 bits per heavy atom. The van der Waals surface area contributed by atoms with Crippen LogP contribution in [0.15, 0.2) is 41.3 Å². The van der Waals surface area contributed by atoms with Crippen molar-refractivity contribution in [3.63, 3.8) is 0 Å². The first-order valence-corrected chi connectivity index (χ1v) is 12.6. The SMILES string of the molecule is N=C(N)NC1CCC(C(=O)N2CCN(S(=O)(=O)c3ccc4cc(Cl)ccc4c3)CC2)CC1. The summed E-state index contributed by atoms with van der Waals surface area (Å²) < 4.78 is 27.8. The van der Waals surface area contributed by atoms with Crippen molar-refractivity contribution in [2.45, 2.75) is 36.6 Å². The average molecular weight is 478 g/mol. The van der Waals surface area contributed by atoms with Gasteiger partial charge in [-0.3, -0.25) is 10.2 Å². The highest BCUT2D eigenvalue weighted by Crippen LogP contribution is 2.28. The van der Waals surface area contributed by atoms with Crippen LogP contribution in [0.1, 0.15) is 25.7 Å². The molecule has 172 valence electrons. The first kappa shape index (κ1) is 22.8. The third-order valence-corrected chi connectivity index (χ3v) is 8.53. The first-order valence-electron chi connectivity index (χ1n) is 10.8. The number of carbonyl (C=O) groups is 1. The Kier molecular flexibility index (Phi) is 6.60. The van der Waals surface area contributed by atoms with Gasteiger partial charge < -0.3 is 16.0 Å². The number of hydrogen-bond donors (Lipinski definition) is 3. The number of rotatable bonds is 4. The molecule has 0 bridgehead atoms. The molecule has 1 heterocycles. The number of nitrogens with two attached hydrogens (primary N) is 1. The standard InChI is InChI=1S/C22H28ClN5O3S/c23-18-5-1-17-14-20(8-4-16(17)13-18)32(30,31)28-11-9-27(10-12-28)21(29)15-2-6-19(7-3-15)26-22(24)25/h1,4-5,8,13-15,19H,2-3,6-7,9-12H2,(H4,24,25,26). The molecule has 2 aromatic rings. The third-order valence-electron chi connectivity index (χ3n) is 6.40. The van der Waals surface area contributed by atoms with E-state index in [1.165, 1.54) is 4.31 Å². The second kappa shape index (κ2) is 9.25. The minimum absolute atomic E-state index is 0.0349. The van der Waals surface area contributed by atoms with Crippen molar-refractivity contribution in [1.82, 2.24) is 14.5 Å². The number of nitrogens with one attached hydrogen (secondary N) is 2. The molecule has 4 rings (SSSR count). The van der Waals surface area contributed by atoms with Crippen LogP contribution in [0, 0.1) is 11.3 Å². The maximum atomic E-state index is 13.2. The second-order valence-electron chi connectivity index (χ2n) is 8.49. The van der Waals surface area contributed by atoms with E-state index in [0.717, 1.165) is 36.5 Å². The van der Waals surface area contributed by atoms with Gasteiger partial charge in [-0.1, -0.05) is 23.7 Å². The van der Waals surface area contributed by atoms with Crippen molar-refractivity contribution in [3.8, 4) is 0 Å². The Morgan fingerprint density at radius 2 is 1.62 bits per heavy atom. The van der Waals surface area contributed by atoms with Gasteiger partial charge in [0, 0.05) is 43.2 Å². The summed E-state index contributed by atoms with van der Waals surface area (Å²) in [6.07, 6.45) is 3.11. The van der Waals surface area contributed by atoms with Crippen molar-refractivity contribution in [1.29, 1.82) is 5.41 Å². The summed E-state index contributed by atoms with van der Waals surface area (Å²) in [4.78, 5) is 15.0. The second-order valence-corrected chi connectivity index (χ2v) is 10.9. The van der Waals surface area contributed by atoms with Gasteiger partial charge >= 0.3 is 0 Å². The highest BCUT2D eigenvalue weighted by molar-refractivity contribution is 7.89. The Morgan fingerprint density at radius 1 is 1.00 bits per heavy atom. The third kappa shape index (κ3) is 4.84. The van der Waals surface area contributed by atoms with Crippen LogP contribution in [-0.2, 0) is 14.8 Å². The van der Waals surface area contributed by atoms with Gasteiger partial charge in [-0.05, 0) is 60.7 Å². The maximum Gasteiger partial charge on any atom is 0.243 e. The minimum Gasteiger partial charge on any atom is -0.370 e. The molecule has 0 aromatic heterocycles. The van der Waals surface area contributed by atoms with Gasteiger partial charge in [0.2, 0.25) is 15.9 Å². The fraction of sp³-hybridized carbons (Fsp3) is 0.455. The molecule has 0 unspecified atom stereocenters. The number of amides is 1. The topological polar surface area (TPSA) is 120 Å². The molecule has 2 aromatic carbocycles. The van der Waals surface area contributed by atoms with Gasteiger partial charge in [0.15, 0.2) is 5.96 Å². The van der Waals surface area contributed by atoms with Gasteiger partial charge in [-0.2, -0.15) is 4.31 Å². The Hall–Kier alpha value is -2.36. The summed E-state index contributed by atoms with van der Waals surface area (Å²) in [5.74, 6) is 0.0219. The number of carbonyl (C=O) groups excluding carboxylic acids is 1. The summed E-state index contributed by atoms with van der Waals surface area (Å²) in [7, 11) is -3.63. The lowest BCUT2D eigenvalue weighted by Gasteiger charge is -2.37. The van der Waals surface area contributed by atoms with Gasteiger partial charge in [-0.25, -0.2) is 8.42 Å². The molecule has 1 saturated carbocycles. The van der Waals surface area contributed by atoms with E-state index in [4.69, 9.17) is 22.7 Å². The first-order chi connectivity index (χ1) is 15.2. The van der Waals surface area contributed by atoms with Crippen LogP contribution in [0.4, 0.5) is 0 Å². The van der Waals surface area contributed by atoms with E-state index in [-0.39, 0.29) is 41.8 Å². The lowest BCUT2D eigenvalue weighted by Crippen LogP contribution is -2.52. The molecule has 0 atom stereocenters. The summed E-state index contributed by atoms with van der Waals surface area (Å²) in [6.45, 7) is 1.36. The van der Waals surface area contributed by atoms with Crippen LogP contribution in [0.5, 0.6) is 0 Å². The van der Waals surface area contributed by atoms with E-state index in [1.54, 1.807) is 35.2 Å². The lowest BCUT2D eigenvalue weighted by atomic mass is 9.85. The van der Waals surface area contributed by atoms with Crippen molar-refractivity contribution in [3.05, 3.63) is 41.4 Å². The lowest BCUT2D eigenvalue weighted by molar-refractivity contribution is -0.137. The zero-order chi connectivity index (χ0) is 22.9. The summed E-state index contributed by atoms with van der Waals surface area (Å²) in [5, 5.41) is 12.6. The molecule has 1 aliphatic carbocycles. The number of hydrogen-bond acceptors (Lipinski definition) is 4. The van der Waals surface area contributed by atoms with Crippen LogP contribution in [0.25, 0.3) is 10.8 Å². The Balaban J connectivity index is 1.36. The number of nitrogens with zero attached hydrogens (tertiary/aromatic N) is 2. The van der Waals surface area contributed by atoms with E-state index in [2.05, 4.69) is 5.32 Å². The highest BCUT2D eigenvalue weighted by Gasteiger charge is 2.34. The maximum absolute atomic E-state index is 13.2. The van der Waals surface area contributed by atoms with E-state index in [9.17, 15) is 13.2 Å². The van der Waals surface area contributed by atoms with Crippen LogP contribution >= 0.6 is 11.6 Å². The van der Waals surface area contributed by atoms with E-state index < -0.39 is 10.0 Å². The van der Waals surface area contributed by atoms with Crippen LogP contribution in [0.2, 0.25) is 5.02 Å². The molecular formula is C22H28ClN5O3S. The predicted octanol–water partition coefficient (Wildman–Crippen LogP) is 2.37. The molecule has 8 nitrogen and oxygen atoms in total. The molecule has 2 aliphatic rings. The fourth-order valence-electron chi connectivity index (χ4n) is 4.62. The molecule has 1 saturated heterocycles. The van der Waals surface area contributed by atoms with Crippen LogP contribution in [-0.4, -0.2) is 61.7 Å². The van der Waals surface area contributed by atoms with Gasteiger partial charge in [0.25, 0.3) is 0 Å². The number of halogens is 1. The Bertz CT molecular complexity index is 1120. The number of piperazine rings is 1. The largest absolute Gasteiger partial charge is 0.370 e. The van der Waals surface area contributed by atoms with Gasteiger partial charge in [-0.15, -0.1) is 0 Å². The molecule has 32 heavy (non-hydrogen) atoms. The Labute approximate surface area is 193 Å². The average Bonchev–Trinajstić information content (AvgIpc) is 2.78. The highest BCUT2D eigenvalue weighted by atomic mass is 35.5. The number of sulfonamides is 1. The summed E-state index contributed by atoms with van der Waals surface area (Å²) >= 11 is 6.02. The smallest absolute Gasteiger partial charge is 0.243 e. The van der Waals surface area contributed by atoms with Crippen molar-refractivity contribution in [2.24, 2.45) is 11.7 Å². The summed E-state index contributed by atoms with van der Waals surface area (Å²) in [5.41, 5.74) is 5.40. The van der Waals surface area contributed by atoms with Crippen molar-refractivity contribution in [2.75, 3.05) is 26.2 Å². The normalized spacial score (nSPS) is 22.6. The van der Waals surface area contributed by atoms with E-state index in [1.807, 2.05) is 6.07 Å². The zero-order valence-corrected chi connectivity index (χ0v) is 19.3. The number of benzene rings is 2. The zero-order valence-electron chi connectivity index (χ0n) is 17.8. The van der Waals surface area contributed by atoms with Crippen molar-refractivity contribution < 1.29 is 13.2 Å². The molecule has 1 aliphatic heterocycles.